The van der Waals surface area contributed by atoms with Gasteiger partial charge in [0, 0.05) is 37.4 Å². The van der Waals surface area contributed by atoms with Crippen molar-refractivity contribution in [3.8, 4) is 0 Å². The molecule has 134 valence electrons. The molecule has 3 rings (SSSR count). The smallest absolute Gasteiger partial charge is 0.318 e. The van der Waals surface area contributed by atoms with E-state index in [9.17, 15) is 4.79 Å². The molecule has 1 aromatic carbocycles. The van der Waals surface area contributed by atoms with Gasteiger partial charge in [0.15, 0.2) is 0 Å². The minimum atomic E-state index is -0.304. The van der Waals surface area contributed by atoms with Gasteiger partial charge in [-0.2, -0.15) is 11.8 Å². The standard InChI is InChI=1S/C18H24N4O2S/c1-2-6-16(23)19-15(13-14-7-4-3-5-8-14)17-20-21-18(24-17)22-9-11-25-12-10-22/h3-5,7-8,15H,2,6,9-13H2,1H3,(H,19,23). The number of nitrogens with one attached hydrogen (secondary N) is 1. The van der Waals surface area contributed by atoms with Gasteiger partial charge in [-0.15, -0.1) is 5.10 Å². The number of amides is 1. The van der Waals surface area contributed by atoms with Gasteiger partial charge >= 0.3 is 6.01 Å². The van der Waals surface area contributed by atoms with E-state index in [0.717, 1.165) is 36.6 Å². The van der Waals surface area contributed by atoms with Crippen molar-refractivity contribution < 1.29 is 9.21 Å². The third-order valence-corrected chi connectivity index (χ3v) is 5.05. The molecule has 1 aliphatic heterocycles. The van der Waals surface area contributed by atoms with E-state index in [1.807, 2.05) is 49.0 Å². The molecule has 1 unspecified atom stereocenters. The highest BCUT2D eigenvalue weighted by molar-refractivity contribution is 7.99. The van der Waals surface area contributed by atoms with Crippen LogP contribution in [0.15, 0.2) is 34.7 Å². The molecule has 25 heavy (non-hydrogen) atoms. The Morgan fingerprint density at radius 1 is 1.28 bits per heavy atom. The van der Waals surface area contributed by atoms with E-state index in [4.69, 9.17) is 4.42 Å². The normalized spacial score (nSPS) is 15.8. The number of hydrogen-bond donors (Lipinski definition) is 1. The molecule has 1 fully saturated rings. The third-order valence-electron chi connectivity index (χ3n) is 4.10. The molecule has 0 bridgehead atoms. The maximum atomic E-state index is 12.1. The first-order valence-corrected chi connectivity index (χ1v) is 9.91. The number of carbonyl (C=O) groups is 1. The molecular formula is C18H24N4O2S. The van der Waals surface area contributed by atoms with Crippen LogP contribution >= 0.6 is 11.8 Å². The van der Waals surface area contributed by atoms with Crippen LogP contribution in [0.25, 0.3) is 0 Å². The predicted octanol–water partition coefficient (Wildman–Crippen LogP) is 2.82. The second kappa shape index (κ2) is 8.89. The highest BCUT2D eigenvalue weighted by atomic mass is 32.2. The molecule has 7 heteroatoms. The molecule has 2 heterocycles. The average Bonchev–Trinajstić information content (AvgIpc) is 3.13. The number of nitrogens with zero attached hydrogens (tertiary/aromatic N) is 3. The highest BCUT2D eigenvalue weighted by Crippen LogP contribution is 2.23. The van der Waals surface area contributed by atoms with Crippen molar-refractivity contribution in [1.29, 1.82) is 0 Å². The largest absolute Gasteiger partial charge is 0.406 e. The average molecular weight is 360 g/mol. The number of anilines is 1. The van der Waals surface area contributed by atoms with Crippen molar-refractivity contribution in [2.24, 2.45) is 0 Å². The molecule has 0 saturated carbocycles. The molecule has 0 aliphatic carbocycles. The van der Waals surface area contributed by atoms with Crippen LogP contribution < -0.4 is 10.2 Å². The summed E-state index contributed by atoms with van der Waals surface area (Å²) in [5, 5.41) is 11.5. The lowest BCUT2D eigenvalue weighted by atomic mass is 10.1. The highest BCUT2D eigenvalue weighted by Gasteiger charge is 2.24. The van der Waals surface area contributed by atoms with Gasteiger partial charge in [-0.05, 0) is 12.0 Å². The van der Waals surface area contributed by atoms with Gasteiger partial charge in [-0.25, -0.2) is 0 Å². The number of benzene rings is 1. The summed E-state index contributed by atoms with van der Waals surface area (Å²) in [5.41, 5.74) is 1.12. The van der Waals surface area contributed by atoms with E-state index in [-0.39, 0.29) is 11.9 Å². The van der Waals surface area contributed by atoms with Gasteiger partial charge in [0.2, 0.25) is 11.8 Å². The Morgan fingerprint density at radius 3 is 2.76 bits per heavy atom. The number of thioether (sulfide) groups is 1. The Balaban J connectivity index is 1.75. The molecule has 1 aromatic heterocycles. The van der Waals surface area contributed by atoms with Crippen molar-refractivity contribution in [3.05, 3.63) is 41.8 Å². The van der Waals surface area contributed by atoms with Gasteiger partial charge in [0.05, 0.1) is 0 Å². The maximum Gasteiger partial charge on any atom is 0.318 e. The van der Waals surface area contributed by atoms with Crippen LogP contribution in [-0.2, 0) is 11.2 Å². The molecule has 1 amide bonds. The summed E-state index contributed by atoms with van der Waals surface area (Å²) in [4.78, 5) is 14.2. The predicted molar refractivity (Wildman–Crippen MR) is 99.8 cm³/mol. The van der Waals surface area contributed by atoms with Gasteiger partial charge < -0.3 is 14.6 Å². The molecule has 1 N–H and O–H groups in total. The summed E-state index contributed by atoms with van der Waals surface area (Å²) in [6, 6.07) is 10.3. The molecule has 1 atom stereocenters. The summed E-state index contributed by atoms with van der Waals surface area (Å²) in [5.74, 6) is 2.62. The zero-order chi connectivity index (χ0) is 17.5. The van der Waals surface area contributed by atoms with Gasteiger partial charge in [0.1, 0.15) is 6.04 Å². The van der Waals surface area contributed by atoms with Crippen molar-refractivity contribution in [2.75, 3.05) is 29.5 Å². The van der Waals surface area contributed by atoms with Crippen LogP contribution in [0.2, 0.25) is 0 Å². The minimum absolute atomic E-state index is 0.0116. The summed E-state index contributed by atoms with van der Waals surface area (Å²) in [6.45, 7) is 3.82. The zero-order valence-corrected chi connectivity index (χ0v) is 15.3. The Morgan fingerprint density at radius 2 is 2.04 bits per heavy atom. The van der Waals surface area contributed by atoms with Crippen LogP contribution in [0.3, 0.4) is 0 Å². The minimum Gasteiger partial charge on any atom is -0.406 e. The molecule has 0 spiro atoms. The first kappa shape index (κ1) is 17.8. The van der Waals surface area contributed by atoms with Crippen molar-refractivity contribution in [1.82, 2.24) is 15.5 Å². The van der Waals surface area contributed by atoms with E-state index in [1.165, 1.54) is 0 Å². The van der Waals surface area contributed by atoms with Gasteiger partial charge in [-0.1, -0.05) is 42.4 Å². The van der Waals surface area contributed by atoms with E-state index < -0.39 is 0 Å². The monoisotopic (exact) mass is 360 g/mol. The lowest BCUT2D eigenvalue weighted by molar-refractivity contribution is -0.122. The summed E-state index contributed by atoms with van der Waals surface area (Å²) in [7, 11) is 0. The second-order valence-electron chi connectivity index (χ2n) is 6.08. The fourth-order valence-electron chi connectivity index (χ4n) is 2.79. The van der Waals surface area contributed by atoms with Crippen molar-refractivity contribution >= 4 is 23.7 Å². The molecule has 2 aromatic rings. The van der Waals surface area contributed by atoms with E-state index in [0.29, 0.717) is 24.7 Å². The fourth-order valence-corrected chi connectivity index (χ4v) is 3.70. The van der Waals surface area contributed by atoms with Gasteiger partial charge in [-0.3, -0.25) is 4.79 Å². The number of carbonyl (C=O) groups excluding carboxylic acids is 1. The number of hydrogen-bond acceptors (Lipinski definition) is 6. The Labute approximate surface area is 152 Å². The Kier molecular flexibility index (Phi) is 6.33. The van der Waals surface area contributed by atoms with Crippen LogP contribution in [0.5, 0.6) is 0 Å². The fraction of sp³-hybridized carbons (Fsp3) is 0.500. The molecule has 1 aliphatic rings. The lowest BCUT2D eigenvalue weighted by Crippen LogP contribution is -2.32. The number of rotatable bonds is 7. The van der Waals surface area contributed by atoms with Crippen LogP contribution in [0.4, 0.5) is 6.01 Å². The first-order valence-electron chi connectivity index (χ1n) is 8.75. The molecule has 1 saturated heterocycles. The topological polar surface area (TPSA) is 71.3 Å². The van der Waals surface area contributed by atoms with Crippen LogP contribution in [0, 0.1) is 0 Å². The zero-order valence-electron chi connectivity index (χ0n) is 14.5. The summed E-state index contributed by atoms with van der Waals surface area (Å²) in [6.07, 6.45) is 1.94. The second-order valence-corrected chi connectivity index (χ2v) is 7.31. The quantitative estimate of drug-likeness (QED) is 0.819. The molecule has 6 nitrogen and oxygen atoms in total. The van der Waals surface area contributed by atoms with Gasteiger partial charge in [0.25, 0.3) is 0 Å². The van der Waals surface area contributed by atoms with Crippen LogP contribution in [0.1, 0.15) is 37.3 Å². The van der Waals surface area contributed by atoms with Crippen molar-refractivity contribution in [2.45, 2.75) is 32.2 Å². The summed E-state index contributed by atoms with van der Waals surface area (Å²) < 4.78 is 5.92. The number of aromatic nitrogens is 2. The van der Waals surface area contributed by atoms with E-state index in [2.05, 4.69) is 20.4 Å². The molecule has 0 radical (unpaired) electrons. The Hall–Kier alpha value is -2.02. The van der Waals surface area contributed by atoms with Crippen LogP contribution in [-0.4, -0.2) is 40.7 Å². The summed E-state index contributed by atoms with van der Waals surface area (Å²) >= 11 is 1.93. The van der Waals surface area contributed by atoms with Crippen molar-refractivity contribution in [3.63, 3.8) is 0 Å². The Bertz CT molecular complexity index is 671. The SMILES string of the molecule is CCCC(=O)NC(Cc1ccccc1)c1nnc(N2CCSCC2)o1. The lowest BCUT2D eigenvalue weighted by Gasteiger charge is -2.24. The van der Waals surface area contributed by atoms with E-state index in [1.54, 1.807) is 0 Å². The third kappa shape index (κ3) is 4.98. The maximum absolute atomic E-state index is 12.1. The van der Waals surface area contributed by atoms with E-state index >= 15 is 0 Å². The molecular weight excluding hydrogens is 336 g/mol. The first-order chi connectivity index (χ1) is 12.3.